The highest BCUT2D eigenvalue weighted by Gasteiger charge is 2.23. The Bertz CT molecular complexity index is 697. The van der Waals surface area contributed by atoms with Crippen LogP contribution in [0.4, 0.5) is 10.6 Å². The molecular weight excluding hydrogens is 304 g/mol. The number of carbonyl (C=O) groups is 1. The van der Waals surface area contributed by atoms with E-state index in [4.69, 9.17) is 4.74 Å². The number of hydrogen-bond donors (Lipinski definition) is 0. The molecule has 0 saturated carbocycles. The fourth-order valence-corrected chi connectivity index (χ4v) is 2.80. The van der Waals surface area contributed by atoms with Crippen molar-refractivity contribution in [2.75, 3.05) is 37.7 Å². The Morgan fingerprint density at radius 2 is 1.83 bits per heavy atom. The van der Waals surface area contributed by atoms with Gasteiger partial charge in [-0.2, -0.15) is 0 Å². The van der Waals surface area contributed by atoms with Crippen LogP contribution in [0.5, 0.6) is 0 Å². The van der Waals surface area contributed by atoms with Crippen molar-refractivity contribution in [2.45, 2.75) is 13.8 Å². The Kier molecular flexibility index (Phi) is 4.93. The van der Waals surface area contributed by atoms with Crippen LogP contribution in [0.1, 0.15) is 12.7 Å². The molecule has 2 aromatic rings. The highest BCUT2D eigenvalue weighted by Crippen LogP contribution is 2.22. The summed E-state index contributed by atoms with van der Waals surface area (Å²) in [7, 11) is 0. The Hall–Kier alpha value is -2.63. The molecule has 1 aliphatic heterocycles. The number of hydrogen-bond acceptors (Lipinski definition) is 5. The Morgan fingerprint density at radius 1 is 1.12 bits per heavy atom. The molecule has 1 fully saturated rings. The first-order chi connectivity index (χ1) is 11.7. The molecule has 2 heterocycles. The third-order valence-electron chi connectivity index (χ3n) is 4.02. The molecule has 0 atom stereocenters. The molecular formula is C18H22N4O2. The molecule has 6 nitrogen and oxygen atoms in total. The van der Waals surface area contributed by atoms with Gasteiger partial charge in [-0.3, -0.25) is 0 Å². The van der Waals surface area contributed by atoms with Crippen LogP contribution in [0, 0.1) is 6.92 Å². The van der Waals surface area contributed by atoms with E-state index in [1.54, 1.807) is 4.90 Å². The minimum atomic E-state index is -0.235. The molecule has 24 heavy (non-hydrogen) atoms. The molecule has 1 saturated heterocycles. The highest BCUT2D eigenvalue weighted by molar-refractivity contribution is 5.68. The summed E-state index contributed by atoms with van der Waals surface area (Å²) in [5, 5.41) is 0. The number of carbonyl (C=O) groups excluding carboxylic acids is 1. The summed E-state index contributed by atoms with van der Waals surface area (Å²) >= 11 is 0. The number of benzene rings is 1. The number of amides is 1. The van der Waals surface area contributed by atoms with E-state index in [-0.39, 0.29) is 6.09 Å². The number of rotatable bonds is 3. The molecule has 0 radical (unpaired) electrons. The predicted molar refractivity (Wildman–Crippen MR) is 93.0 cm³/mol. The molecule has 3 rings (SSSR count). The largest absolute Gasteiger partial charge is 0.450 e. The van der Waals surface area contributed by atoms with Gasteiger partial charge in [0.15, 0.2) is 0 Å². The van der Waals surface area contributed by atoms with Crippen LogP contribution in [0.2, 0.25) is 0 Å². The van der Waals surface area contributed by atoms with E-state index in [1.165, 1.54) is 0 Å². The van der Waals surface area contributed by atoms with E-state index in [0.29, 0.717) is 19.7 Å². The lowest BCUT2D eigenvalue weighted by Crippen LogP contribution is -2.49. The van der Waals surface area contributed by atoms with E-state index in [0.717, 1.165) is 36.0 Å². The number of piperazine rings is 1. The normalized spacial score (nSPS) is 14.6. The van der Waals surface area contributed by atoms with Gasteiger partial charge in [0.1, 0.15) is 11.6 Å². The zero-order valence-electron chi connectivity index (χ0n) is 14.1. The first-order valence-electron chi connectivity index (χ1n) is 8.25. The van der Waals surface area contributed by atoms with Crippen LogP contribution in [-0.2, 0) is 4.74 Å². The van der Waals surface area contributed by atoms with Crippen molar-refractivity contribution in [3.05, 3.63) is 42.2 Å². The fourth-order valence-electron chi connectivity index (χ4n) is 2.80. The molecule has 1 amide bonds. The Labute approximate surface area is 142 Å². The van der Waals surface area contributed by atoms with Crippen molar-refractivity contribution in [3.63, 3.8) is 0 Å². The number of aromatic nitrogens is 2. The second-order valence-corrected chi connectivity index (χ2v) is 5.70. The lowest BCUT2D eigenvalue weighted by molar-refractivity contribution is 0.105. The van der Waals surface area contributed by atoms with Crippen molar-refractivity contribution in [2.24, 2.45) is 0 Å². The first kappa shape index (κ1) is 16.2. The van der Waals surface area contributed by atoms with E-state index < -0.39 is 0 Å². The lowest BCUT2D eigenvalue weighted by atomic mass is 10.1. The summed E-state index contributed by atoms with van der Waals surface area (Å²) in [6, 6.07) is 12.1. The summed E-state index contributed by atoms with van der Waals surface area (Å²) in [6.45, 7) is 6.90. The molecule has 126 valence electrons. The van der Waals surface area contributed by atoms with Crippen molar-refractivity contribution < 1.29 is 9.53 Å². The van der Waals surface area contributed by atoms with Gasteiger partial charge in [-0.05, 0) is 13.8 Å². The second kappa shape index (κ2) is 7.29. The van der Waals surface area contributed by atoms with Crippen LogP contribution in [-0.4, -0.2) is 53.7 Å². The van der Waals surface area contributed by atoms with Crippen LogP contribution in [0.15, 0.2) is 36.4 Å². The molecule has 0 bridgehead atoms. The maximum absolute atomic E-state index is 11.8. The van der Waals surface area contributed by atoms with Gasteiger partial charge in [0.2, 0.25) is 0 Å². The number of aryl methyl sites for hydroxylation is 1. The SMILES string of the molecule is CCOC(=O)N1CCN(c2cc(-c3ccccc3)nc(C)n2)CC1. The molecule has 0 aliphatic carbocycles. The van der Waals surface area contributed by atoms with E-state index in [2.05, 4.69) is 14.9 Å². The number of anilines is 1. The predicted octanol–water partition coefficient (Wildman–Crippen LogP) is 2.73. The summed E-state index contributed by atoms with van der Waals surface area (Å²) in [5.74, 6) is 1.66. The number of nitrogens with zero attached hydrogens (tertiary/aromatic N) is 4. The summed E-state index contributed by atoms with van der Waals surface area (Å²) in [4.78, 5) is 24.8. The van der Waals surface area contributed by atoms with Crippen LogP contribution >= 0.6 is 0 Å². The quantitative estimate of drug-likeness (QED) is 0.868. The minimum absolute atomic E-state index is 0.235. The van der Waals surface area contributed by atoms with E-state index in [1.807, 2.05) is 50.2 Å². The molecule has 0 spiro atoms. The molecule has 1 aromatic heterocycles. The third-order valence-corrected chi connectivity index (χ3v) is 4.02. The number of ether oxygens (including phenoxy) is 1. The highest BCUT2D eigenvalue weighted by atomic mass is 16.6. The second-order valence-electron chi connectivity index (χ2n) is 5.70. The van der Waals surface area contributed by atoms with E-state index >= 15 is 0 Å². The maximum atomic E-state index is 11.8. The van der Waals surface area contributed by atoms with Gasteiger partial charge in [0, 0.05) is 37.8 Å². The van der Waals surface area contributed by atoms with Gasteiger partial charge in [-0.25, -0.2) is 14.8 Å². The van der Waals surface area contributed by atoms with Crippen molar-refractivity contribution in [1.82, 2.24) is 14.9 Å². The monoisotopic (exact) mass is 326 g/mol. The van der Waals surface area contributed by atoms with Crippen molar-refractivity contribution >= 4 is 11.9 Å². The Balaban J connectivity index is 1.74. The van der Waals surface area contributed by atoms with Crippen LogP contribution < -0.4 is 4.90 Å². The standard InChI is InChI=1S/C18H22N4O2/c1-3-24-18(23)22-11-9-21(10-12-22)17-13-16(19-14(2)20-17)15-7-5-4-6-8-15/h4-8,13H,3,9-12H2,1-2H3. The van der Waals surface area contributed by atoms with Crippen LogP contribution in [0.3, 0.4) is 0 Å². The van der Waals surface area contributed by atoms with Crippen molar-refractivity contribution in [1.29, 1.82) is 0 Å². The molecule has 0 unspecified atom stereocenters. The first-order valence-corrected chi connectivity index (χ1v) is 8.25. The Morgan fingerprint density at radius 3 is 2.50 bits per heavy atom. The summed E-state index contributed by atoms with van der Waals surface area (Å²) < 4.78 is 5.06. The van der Waals surface area contributed by atoms with Gasteiger partial charge in [-0.15, -0.1) is 0 Å². The average molecular weight is 326 g/mol. The van der Waals surface area contributed by atoms with Gasteiger partial charge < -0.3 is 14.5 Å². The zero-order valence-corrected chi connectivity index (χ0v) is 14.1. The molecule has 1 aromatic carbocycles. The molecule has 0 N–H and O–H groups in total. The fraction of sp³-hybridized carbons (Fsp3) is 0.389. The summed E-state index contributed by atoms with van der Waals surface area (Å²) in [6.07, 6.45) is -0.235. The average Bonchev–Trinajstić information content (AvgIpc) is 2.62. The lowest BCUT2D eigenvalue weighted by Gasteiger charge is -2.34. The maximum Gasteiger partial charge on any atom is 0.409 e. The third kappa shape index (κ3) is 3.64. The van der Waals surface area contributed by atoms with Crippen LogP contribution in [0.25, 0.3) is 11.3 Å². The molecule has 6 heteroatoms. The van der Waals surface area contributed by atoms with Gasteiger partial charge in [0.05, 0.1) is 12.3 Å². The molecule has 1 aliphatic rings. The van der Waals surface area contributed by atoms with Crippen molar-refractivity contribution in [3.8, 4) is 11.3 Å². The van der Waals surface area contributed by atoms with Gasteiger partial charge in [-0.1, -0.05) is 30.3 Å². The smallest absolute Gasteiger partial charge is 0.409 e. The summed E-state index contributed by atoms with van der Waals surface area (Å²) in [5.41, 5.74) is 2.00. The van der Waals surface area contributed by atoms with Gasteiger partial charge in [0.25, 0.3) is 0 Å². The van der Waals surface area contributed by atoms with Gasteiger partial charge >= 0.3 is 6.09 Å². The minimum Gasteiger partial charge on any atom is -0.450 e. The zero-order chi connectivity index (χ0) is 16.9. The van der Waals surface area contributed by atoms with E-state index in [9.17, 15) is 4.79 Å². The topological polar surface area (TPSA) is 58.6 Å².